The Morgan fingerprint density at radius 2 is 1.92 bits per heavy atom. The molecule has 1 aliphatic rings. The van der Waals surface area contributed by atoms with Crippen molar-refractivity contribution < 1.29 is 9.47 Å². The van der Waals surface area contributed by atoms with Crippen molar-refractivity contribution in [2.75, 3.05) is 46.6 Å². The summed E-state index contributed by atoms with van der Waals surface area (Å²) in [7, 11) is 1.70. The van der Waals surface area contributed by atoms with Crippen molar-refractivity contribution >= 4 is 45.9 Å². The minimum atomic E-state index is 0. The summed E-state index contributed by atoms with van der Waals surface area (Å²) >= 11 is 3.52. The van der Waals surface area contributed by atoms with Crippen LogP contribution in [0.5, 0.6) is 0 Å². The van der Waals surface area contributed by atoms with Gasteiger partial charge in [0.1, 0.15) is 0 Å². The fraction of sp³-hybridized carbons (Fsp3) is 0.611. The van der Waals surface area contributed by atoms with E-state index >= 15 is 0 Å². The molecule has 1 heterocycles. The smallest absolute Gasteiger partial charge is 0.191 e. The van der Waals surface area contributed by atoms with Gasteiger partial charge in [-0.05, 0) is 37.5 Å². The molecule has 1 fully saturated rings. The van der Waals surface area contributed by atoms with Crippen molar-refractivity contribution in [2.45, 2.75) is 25.2 Å². The first-order chi connectivity index (χ1) is 11.7. The van der Waals surface area contributed by atoms with Crippen molar-refractivity contribution in [3.63, 3.8) is 0 Å². The van der Waals surface area contributed by atoms with E-state index in [9.17, 15) is 0 Å². The Labute approximate surface area is 176 Å². The summed E-state index contributed by atoms with van der Waals surface area (Å²) in [6.45, 7) is 6.66. The predicted octanol–water partition coefficient (Wildman–Crippen LogP) is 3.32. The molecule has 2 rings (SSSR count). The lowest BCUT2D eigenvalue weighted by Gasteiger charge is -2.36. The highest BCUT2D eigenvalue weighted by Crippen LogP contribution is 2.35. The van der Waals surface area contributed by atoms with Crippen molar-refractivity contribution in [1.82, 2.24) is 10.6 Å². The van der Waals surface area contributed by atoms with Crippen LogP contribution in [0.1, 0.15) is 25.3 Å². The molecule has 0 radical (unpaired) electrons. The Bertz CT molecular complexity index is 520. The van der Waals surface area contributed by atoms with Crippen LogP contribution >= 0.6 is 39.9 Å². The van der Waals surface area contributed by atoms with Gasteiger partial charge in [0.15, 0.2) is 5.96 Å². The monoisotopic (exact) mass is 525 g/mol. The largest absolute Gasteiger partial charge is 0.383 e. The third kappa shape index (κ3) is 7.03. The maximum Gasteiger partial charge on any atom is 0.191 e. The maximum absolute atomic E-state index is 5.60. The molecule has 0 aromatic heterocycles. The van der Waals surface area contributed by atoms with E-state index in [4.69, 9.17) is 14.5 Å². The molecule has 1 aromatic rings. The molecule has 1 aromatic carbocycles. The molecule has 1 aliphatic heterocycles. The van der Waals surface area contributed by atoms with Crippen LogP contribution in [-0.4, -0.2) is 52.5 Å². The van der Waals surface area contributed by atoms with Crippen LogP contribution in [0.15, 0.2) is 33.7 Å². The number of hydrogen-bond acceptors (Lipinski definition) is 3. The molecule has 1 saturated heterocycles. The highest BCUT2D eigenvalue weighted by molar-refractivity contribution is 14.0. The van der Waals surface area contributed by atoms with E-state index in [1.54, 1.807) is 7.11 Å². The normalized spacial score (nSPS) is 16.8. The molecule has 0 aliphatic carbocycles. The Balaban J connectivity index is 0.00000312. The van der Waals surface area contributed by atoms with Gasteiger partial charge in [-0.3, -0.25) is 4.99 Å². The standard InChI is InChI=1S/C18H28BrN3O2.HI/c1-3-20-17(21-10-13-23-2)22-14-18(8-11-24-12-9-18)15-4-6-16(19)7-5-15;/h4-7H,3,8-14H2,1-2H3,(H2,20,21,22);1H. The van der Waals surface area contributed by atoms with Gasteiger partial charge in [0.2, 0.25) is 0 Å². The zero-order valence-corrected chi connectivity index (χ0v) is 18.9. The summed E-state index contributed by atoms with van der Waals surface area (Å²) in [5.74, 6) is 0.845. The molecular formula is C18H29BrIN3O2. The SMILES string of the molecule is CCNC(=NCC1(c2ccc(Br)cc2)CCOCC1)NCCOC.I. The first-order valence-corrected chi connectivity index (χ1v) is 9.34. The minimum Gasteiger partial charge on any atom is -0.383 e. The molecule has 142 valence electrons. The van der Waals surface area contributed by atoms with Gasteiger partial charge >= 0.3 is 0 Å². The summed E-state index contributed by atoms with van der Waals surface area (Å²) in [5.41, 5.74) is 1.38. The number of rotatable bonds is 7. The number of aliphatic imine (C=N–C) groups is 1. The summed E-state index contributed by atoms with van der Waals surface area (Å²) in [6.07, 6.45) is 1.99. The first-order valence-electron chi connectivity index (χ1n) is 8.55. The summed E-state index contributed by atoms with van der Waals surface area (Å²) in [6, 6.07) is 8.63. The number of halogens is 2. The minimum absolute atomic E-state index is 0. The fourth-order valence-corrected chi connectivity index (χ4v) is 3.21. The lowest BCUT2D eigenvalue weighted by atomic mass is 9.74. The van der Waals surface area contributed by atoms with E-state index in [1.807, 2.05) is 0 Å². The first kappa shape index (κ1) is 22.7. The second-order valence-corrected chi connectivity index (χ2v) is 6.93. The Morgan fingerprint density at radius 3 is 2.52 bits per heavy atom. The second-order valence-electron chi connectivity index (χ2n) is 6.01. The van der Waals surface area contributed by atoms with Gasteiger partial charge in [0.05, 0.1) is 13.2 Å². The number of guanidine groups is 1. The molecule has 7 heteroatoms. The predicted molar refractivity (Wildman–Crippen MR) is 117 cm³/mol. The lowest BCUT2D eigenvalue weighted by Crippen LogP contribution is -2.42. The third-order valence-electron chi connectivity index (χ3n) is 4.39. The molecule has 0 bridgehead atoms. The zero-order valence-electron chi connectivity index (χ0n) is 15.0. The second kappa shape index (κ2) is 12.1. The number of hydrogen-bond donors (Lipinski definition) is 2. The summed E-state index contributed by atoms with van der Waals surface area (Å²) in [4.78, 5) is 4.85. The van der Waals surface area contributed by atoms with E-state index in [0.717, 1.165) is 56.1 Å². The Hall–Kier alpha value is -0.380. The van der Waals surface area contributed by atoms with Crippen molar-refractivity contribution in [1.29, 1.82) is 0 Å². The number of benzene rings is 1. The molecule has 2 N–H and O–H groups in total. The van der Waals surface area contributed by atoms with E-state index in [0.29, 0.717) is 6.61 Å². The molecule has 0 spiro atoms. The van der Waals surface area contributed by atoms with Gasteiger partial charge in [-0.1, -0.05) is 28.1 Å². The summed E-state index contributed by atoms with van der Waals surface area (Å²) < 4.78 is 11.8. The van der Waals surface area contributed by atoms with Crippen LogP contribution in [0.25, 0.3) is 0 Å². The van der Waals surface area contributed by atoms with Crippen LogP contribution in [0.4, 0.5) is 0 Å². The number of ether oxygens (including phenoxy) is 2. The van der Waals surface area contributed by atoms with Crippen LogP contribution in [0.3, 0.4) is 0 Å². The van der Waals surface area contributed by atoms with E-state index in [-0.39, 0.29) is 29.4 Å². The average molecular weight is 526 g/mol. The highest BCUT2D eigenvalue weighted by Gasteiger charge is 2.34. The third-order valence-corrected chi connectivity index (χ3v) is 4.92. The van der Waals surface area contributed by atoms with E-state index in [2.05, 4.69) is 57.8 Å². The number of nitrogens with zero attached hydrogens (tertiary/aromatic N) is 1. The zero-order chi connectivity index (χ0) is 17.3. The van der Waals surface area contributed by atoms with Gasteiger partial charge < -0.3 is 20.1 Å². The van der Waals surface area contributed by atoms with Crippen molar-refractivity contribution in [3.8, 4) is 0 Å². The van der Waals surface area contributed by atoms with Gasteiger partial charge in [0, 0.05) is 43.3 Å². The molecule has 0 atom stereocenters. The Kier molecular flexibility index (Phi) is 11.0. The van der Waals surface area contributed by atoms with Crippen LogP contribution in [0.2, 0.25) is 0 Å². The molecule has 0 saturated carbocycles. The van der Waals surface area contributed by atoms with E-state index in [1.165, 1.54) is 5.56 Å². The molecular weight excluding hydrogens is 497 g/mol. The van der Waals surface area contributed by atoms with Crippen LogP contribution < -0.4 is 10.6 Å². The average Bonchev–Trinajstić information content (AvgIpc) is 2.61. The quantitative estimate of drug-likeness (QED) is 0.248. The molecule has 25 heavy (non-hydrogen) atoms. The van der Waals surface area contributed by atoms with Gasteiger partial charge in [-0.15, -0.1) is 24.0 Å². The molecule has 5 nitrogen and oxygen atoms in total. The number of nitrogens with one attached hydrogen (secondary N) is 2. The van der Waals surface area contributed by atoms with Gasteiger partial charge in [-0.25, -0.2) is 0 Å². The lowest BCUT2D eigenvalue weighted by molar-refractivity contribution is 0.0531. The van der Waals surface area contributed by atoms with Crippen LogP contribution in [-0.2, 0) is 14.9 Å². The summed E-state index contributed by atoms with van der Waals surface area (Å²) in [5, 5.41) is 6.62. The van der Waals surface area contributed by atoms with Gasteiger partial charge in [0.25, 0.3) is 0 Å². The van der Waals surface area contributed by atoms with Gasteiger partial charge in [-0.2, -0.15) is 0 Å². The number of methoxy groups -OCH3 is 1. The van der Waals surface area contributed by atoms with Crippen molar-refractivity contribution in [2.24, 2.45) is 4.99 Å². The van der Waals surface area contributed by atoms with Crippen LogP contribution in [0, 0.1) is 0 Å². The Morgan fingerprint density at radius 1 is 1.24 bits per heavy atom. The van der Waals surface area contributed by atoms with Crippen molar-refractivity contribution in [3.05, 3.63) is 34.3 Å². The molecule has 0 unspecified atom stereocenters. The molecule has 0 amide bonds. The fourth-order valence-electron chi connectivity index (χ4n) is 2.95. The highest BCUT2D eigenvalue weighted by atomic mass is 127. The maximum atomic E-state index is 5.60. The van der Waals surface area contributed by atoms with E-state index < -0.39 is 0 Å². The topological polar surface area (TPSA) is 54.9 Å².